The van der Waals surface area contributed by atoms with Gasteiger partial charge in [0.25, 0.3) is 5.91 Å². The van der Waals surface area contributed by atoms with Gasteiger partial charge in [-0.25, -0.2) is 4.79 Å². The number of aliphatic carboxylic acids is 1. The maximum atomic E-state index is 11.9. The molecule has 0 radical (unpaired) electrons. The maximum absolute atomic E-state index is 11.9. The summed E-state index contributed by atoms with van der Waals surface area (Å²) in [5.41, 5.74) is 1.66. The number of amides is 1. The number of carbonyl (C=O) groups is 2. The fourth-order valence-electron chi connectivity index (χ4n) is 2.85. The lowest BCUT2D eigenvalue weighted by Crippen LogP contribution is -2.29. The molecule has 0 aliphatic rings. The second kappa shape index (κ2) is 9.75. The highest BCUT2D eigenvalue weighted by atomic mass is 16.5. The molecule has 0 bridgehead atoms. The normalized spacial score (nSPS) is 10.7. The van der Waals surface area contributed by atoms with Gasteiger partial charge >= 0.3 is 5.63 Å². The lowest BCUT2D eigenvalue weighted by Gasteiger charge is -2.12. The highest BCUT2D eigenvalue weighted by Gasteiger charge is 2.12. The van der Waals surface area contributed by atoms with Crippen LogP contribution < -0.4 is 20.8 Å². The molecule has 1 aromatic heterocycles. The van der Waals surface area contributed by atoms with Crippen molar-refractivity contribution in [3.8, 4) is 5.75 Å². The molecule has 7 nitrogen and oxygen atoms in total. The number of hydrogen-bond donors (Lipinski definition) is 1. The molecular formula is C20H24NO6-. The third kappa shape index (κ3) is 5.84. The number of aryl methyl sites for hydroxylation is 2. The van der Waals surface area contributed by atoms with Crippen molar-refractivity contribution in [2.75, 3.05) is 13.2 Å². The minimum absolute atomic E-state index is 0.0359. The van der Waals surface area contributed by atoms with Gasteiger partial charge in [-0.1, -0.05) is 13.3 Å². The minimum Gasteiger partial charge on any atom is -0.550 e. The largest absolute Gasteiger partial charge is 0.550 e. The summed E-state index contributed by atoms with van der Waals surface area (Å²) in [5.74, 6) is -0.832. The van der Waals surface area contributed by atoms with Gasteiger partial charge in [0.15, 0.2) is 6.61 Å². The van der Waals surface area contributed by atoms with Gasteiger partial charge < -0.3 is 24.4 Å². The Morgan fingerprint density at radius 3 is 2.70 bits per heavy atom. The predicted octanol–water partition coefficient (Wildman–Crippen LogP) is 1.47. The average molecular weight is 374 g/mol. The van der Waals surface area contributed by atoms with E-state index in [1.54, 1.807) is 13.0 Å². The van der Waals surface area contributed by atoms with Gasteiger partial charge in [-0.3, -0.25) is 4.79 Å². The average Bonchev–Trinajstić information content (AvgIpc) is 2.63. The van der Waals surface area contributed by atoms with Gasteiger partial charge in [0.1, 0.15) is 11.3 Å². The molecule has 1 aromatic carbocycles. The molecule has 0 atom stereocenters. The quantitative estimate of drug-likeness (QED) is 0.498. The van der Waals surface area contributed by atoms with E-state index in [0.717, 1.165) is 10.9 Å². The number of carbonyl (C=O) groups excluding carboxylic acids is 2. The van der Waals surface area contributed by atoms with Gasteiger partial charge in [-0.2, -0.15) is 0 Å². The SMILES string of the molecule is CCc1cc(=O)oc2c(C)c(OCC(=O)NCCCCCC(=O)[O-])ccc12. The first-order valence-electron chi connectivity index (χ1n) is 9.08. The standard InChI is InChI=1S/C20H25NO6/c1-3-14-11-19(25)27-20-13(2)16(9-8-15(14)20)26-12-17(22)21-10-6-4-5-7-18(23)24/h8-9,11H,3-7,10,12H2,1-2H3,(H,21,22)(H,23,24)/p-1. The van der Waals surface area contributed by atoms with E-state index >= 15 is 0 Å². The van der Waals surface area contributed by atoms with Crippen LogP contribution in [0.2, 0.25) is 0 Å². The molecule has 1 heterocycles. The van der Waals surface area contributed by atoms with Crippen molar-refractivity contribution in [1.29, 1.82) is 0 Å². The minimum atomic E-state index is -1.06. The zero-order valence-electron chi connectivity index (χ0n) is 15.6. The summed E-state index contributed by atoms with van der Waals surface area (Å²) >= 11 is 0. The number of unbranched alkanes of at least 4 members (excludes halogenated alkanes) is 2. The van der Waals surface area contributed by atoms with E-state index in [1.807, 2.05) is 13.0 Å². The molecule has 2 rings (SSSR count). The second-order valence-electron chi connectivity index (χ2n) is 6.33. The number of rotatable bonds is 10. The van der Waals surface area contributed by atoms with Crippen molar-refractivity contribution in [1.82, 2.24) is 5.32 Å². The van der Waals surface area contributed by atoms with Crippen LogP contribution >= 0.6 is 0 Å². The number of carboxylic acids is 1. The number of nitrogens with one attached hydrogen (secondary N) is 1. The number of carboxylic acid groups (broad SMARTS) is 1. The Hall–Kier alpha value is -2.83. The first kappa shape index (κ1) is 20.5. The second-order valence-corrected chi connectivity index (χ2v) is 6.33. The summed E-state index contributed by atoms with van der Waals surface area (Å²) in [7, 11) is 0. The molecule has 0 saturated carbocycles. The van der Waals surface area contributed by atoms with Crippen molar-refractivity contribution in [3.63, 3.8) is 0 Å². The molecule has 7 heteroatoms. The van der Waals surface area contributed by atoms with Crippen LogP contribution in [0, 0.1) is 6.92 Å². The molecule has 146 valence electrons. The van der Waals surface area contributed by atoms with Crippen molar-refractivity contribution >= 4 is 22.8 Å². The summed E-state index contributed by atoms with van der Waals surface area (Å²) in [6.07, 6.45) is 2.69. The molecule has 0 fully saturated rings. The van der Waals surface area contributed by atoms with Gasteiger partial charge in [0, 0.05) is 29.5 Å². The first-order valence-corrected chi connectivity index (χ1v) is 9.08. The molecule has 0 aliphatic carbocycles. The van der Waals surface area contributed by atoms with E-state index in [1.165, 1.54) is 6.07 Å². The van der Waals surface area contributed by atoms with E-state index in [-0.39, 0.29) is 18.9 Å². The zero-order chi connectivity index (χ0) is 19.8. The molecule has 0 spiro atoms. The Morgan fingerprint density at radius 2 is 2.00 bits per heavy atom. The van der Waals surface area contributed by atoms with Crippen LogP contribution in [0.5, 0.6) is 5.75 Å². The molecular weight excluding hydrogens is 350 g/mol. The lowest BCUT2D eigenvalue weighted by atomic mass is 10.0. The summed E-state index contributed by atoms with van der Waals surface area (Å²) in [5, 5.41) is 13.9. The monoisotopic (exact) mass is 374 g/mol. The van der Waals surface area contributed by atoms with Gasteiger partial charge in [0.05, 0.1) is 0 Å². The molecule has 0 saturated heterocycles. The predicted molar refractivity (Wildman–Crippen MR) is 98.6 cm³/mol. The van der Waals surface area contributed by atoms with E-state index in [2.05, 4.69) is 5.32 Å². The van der Waals surface area contributed by atoms with E-state index in [9.17, 15) is 19.5 Å². The van der Waals surface area contributed by atoms with E-state index in [0.29, 0.717) is 49.1 Å². The number of fused-ring (bicyclic) bond motifs is 1. The smallest absolute Gasteiger partial charge is 0.336 e. The van der Waals surface area contributed by atoms with Crippen LogP contribution in [0.3, 0.4) is 0 Å². The summed E-state index contributed by atoms with van der Waals surface area (Å²) < 4.78 is 10.9. The molecule has 1 N–H and O–H groups in total. The Labute approximate surface area is 157 Å². The van der Waals surface area contributed by atoms with Crippen LogP contribution in [0.15, 0.2) is 27.4 Å². The Bertz CT molecular complexity index is 871. The van der Waals surface area contributed by atoms with Crippen molar-refractivity contribution in [2.24, 2.45) is 0 Å². The molecule has 0 unspecified atom stereocenters. The van der Waals surface area contributed by atoms with Crippen molar-refractivity contribution in [3.05, 3.63) is 39.7 Å². The summed E-state index contributed by atoms with van der Waals surface area (Å²) in [6, 6.07) is 5.08. The Morgan fingerprint density at radius 1 is 1.22 bits per heavy atom. The lowest BCUT2D eigenvalue weighted by molar-refractivity contribution is -0.305. The van der Waals surface area contributed by atoms with Crippen LogP contribution in [0.1, 0.15) is 43.7 Å². The zero-order valence-corrected chi connectivity index (χ0v) is 15.6. The molecule has 0 aliphatic heterocycles. The first-order chi connectivity index (χ1) is 12.9. The van der Waals surface area contributed by atoms with E-state index in [4.69, 9.17) is 9.15 Å². The van der Waals surface area contributed by atoms with Crippen LogP contribution in [0.25, 0.3) is 11.0 Å². The third-order valence-electron chi connectivity index (χ3n) is 4.32. The van der Waals surface area contributed by atoms with Gasteiger partial charge in [-0.15, -0.1) is 0 Å². The topological polar surface area (TPSA) is 109 Å². The number of benzene rings is 1. The van der Waals surface area contributed by atoms with Crippen molar-refractivity contribution in [2.45, 2.75) is 46.0 Å². The highest BCUT2D eigenvalue weighted by Crippen LogP contribution is 2.28. The molecule has 2 aromatic rings. The molecule has 1 amide bonds. The Balaban J connectivity index is 1.89. The van der Waals surface area contributed by atoms with Gasteiger partial charge in [-0.05, 0) is 50.3 Å². The maximum Gasteiger partial charge on any atom is 0.336 e. The fraction of sp³-hybridized carbons (Fsp3) is 0.450. The third-order valence-corrected chi connectivity index (χ3v) is 4.32. The fourth-order valence-corrected chi connectivity index (χ4v) is 2.85. The summed E-state index contributed by atoms with van der Waals surface area (Å²) in [6.45, 7) is 4.07. The van der Waals surface area contributed by atoms with E-state index < -0.39 is 11.6 Å². The number of hydrogen-bond acceptors (Lipinski definition) is 6. The van der Waals surface area contributed by atoms with Crippen LogP contribution in [-0.4, -0.2) is 25.0 Å². The number of ether oxygens (including phenoxy) is 1. The summed E-state index contributed by atoms with van der Waals surface area (Å²) in [4.78, 5) is 33.9. The highest BCUT2D eigenvalue weighted by molar-refractivity contribution is 5.85. The molecule has 27 heavy (non-hydrogen) atoms. The van der Waals surface area contributed by atoms with Crippen LogP contribution in [-0.2, 0) is 16.0 Å². The van der Waals surface area contributed by atoms with Crippen LogP contribution in [0.4, 0.5) is 0 Å². The van der Waals surface area contributed by atoms with Gasteiger partial charge in [0.2, 0.25) is 0 Å². The Kier molecular flexibility index (Phi) is 7.40. The van der Waals surface area contributed by atoms with Crippen molar-refractivity contribution < 1.29 is 23.8 Å².